The van der Waals surface area contributed by atoms with Crippen LogP contribution in [0.25, 0.3) is 0 Å². The van der Waals surface area contributed by atoms with E-state index in [-0.39, 0.29) is 17.7 Å². The SMILES string of the molecule is N#CCc1cc(O)c(C#N)cc1N. The average molecular weight is 173 g/mol. The number of benzene rings is 1. The Kier molecular flexibility index (Phi) is 2.37. The lowest BCUT2D eigenvalue weighted by Gasteiger charge is -2.03. The van der Waals surface area contributed by atoms with E-state index < -0.39 is 0 Å². The maximum Gasteiger partial charge on any atom is 0.133 e. The quantitative estimate of drug-likeness (QED) is 0.487. The standard InChI is InChI=1S/C9H7N3O/c10-2-1-6-4-9(13)7(5-11)3-8(6)12/h3-4,13H,1,12H2. The van der Waals surface area contributed by atoms with E-state index in [2.05, 4.69) is 0 Å². The molecular formula is C9H7N3O. The smallest absolute Gasteiger partial charge is 0.133 e. The van der Waals surface area contributed by atoms with Gasteiger partial charge in [-0.05, 0) is 17.7 Å². The molecule has 0 bridgehead atoms. The first kappa shape index (κ1) is 8.89. The molecule has 64 valence electrons. The number of nitriles is 2. The molecule has 0 aliphatic rings. The summed E-state index contributed by atoms with van der Waals surface area (Å²) in [7, 11) is 0. The third-order valence-corrected chi connectivity index (χ3v) is 1.65. The number of nitrogens with zero attached hydrogens (tertiary/aromatic N) is 2. The molecule has 0 amide bonds. The largest absolute Gasteiger partial charge is 0.507 e. The van der Waals surface area contributed by atoms with E-state index in [9.17, 15) is 5.11 Å². The van der Waals surface area contributed by atoms with Crippen molar-refractivity contribution < 1.29 is 5.11 Å². The van der Waals surface area contributed by atoms with Crippen LogP contribution in [0.2, 0.25) is 0 Å². The fraction of sp³-hybridized carbons (Fsp3) is 0.111. The Morgan fingerprint density at radius 1 is 1.38 bits per heavy atom. The van der Waals surface area contributed by atoms with Crippen LogP contribution in [0.5, 0.6) is 5.75 Å². The predicted octanol–water partition coefficient (Wildman–Crippen LogP) is 0.912. The minimum absolute atomic E-state index is 0.124. The Balaban J connectivity index is 3.24. The fourth-order valence-corrected chi connectivity index (χ4v) is 0.976. The van der Waals surface area contributed by atoms with Gasteiger partial charge in [-0.3, -0.25) is 0 Å². The van der Waals surface area contributed by atoms with Crippen LogP contribution in [0.1, 0.15) is 11.1 Å². The lowest BCUT2D eigenvalue weighted by molar-refractivity contribution is 0.473. The first-order chi connectivity index (χ1) is 6.19. The molecule has 0 fully saturated rings. The predicted molar refractivity (Wildman–Crippen MR) is 46.6 cm³/mol. The van der Waals surface area contributed by atoms with Crippen LogP contribution in [0.15, 0.2) is 12.1 Å². The number of hydrogen-bond acceptors (Lipinski definition) is 4. The second kappa shape index (κ2) is 3.46. The second-order valence-corrected chi connectivity index (χ2v) is 2.51. The van der Waals surface area contributed by atoms with Gasteiger partial charge in [0.25, 0.3) is 0 Å². The molecule has 0 heterocycles. The Labute approximate surface area is 75.4 Å². The van der Waals surface area contributed by atoms with Gasteiger partial charge < -0.3 is 10.8 Å². The second-order valence-electron chi connectivity index (χ2n) is 2.51. The molecule has 1 aromatic rings. The molecule has 0 aliphatic heterocycles. The summed E-state index contributed by atoms with van der Waals surface area (Å²) in [5.41, 5.74) is 6.56. The summed E-state index contributed by atoms with van der Waals surface area (Å²) in [6.07, 6.45) is 0.130. The number of phenolic OH excluding ortho intramolecular Hbond substituents is 1. The van der Waals surface area contributed by atoms with Gasteiger partial charge in [-0.25, -0.2) is 0 Å². The summed E-state index contributed by atoms with van der Waals surface area (Å²) in [5.74, 6) is -0.137. The van der Waals surface area contributed by atoms with Gasteiger partial charge in [0.2, 0.25) is 0 Å². The maximum atomic E-state index is 9.25. The molecule has 0 unspecified atom stereocenters. The van der Waals surface area contributed by atoms with Gasteiger partial charge in [0.1, 0.15) is 11.8 Å². The topological polar surface area (TPSA) is 93.8 Å². The van der Waals surface area contributed by atoms with Crippen LogP contribution in [-0.2, 0) is 6.42 Å². The van der Waals surface area contributed by atoms with Crippen LogP contribution >= 0.6 is 0 Å². The van der Waals surface area contributed by atoms with Gasteiger partial charge in [-0.1, -0.05) is 0 Å². The zero-order chi connectivity index (χ0) is 9.84. The van der Waals surface area contributed by atoms with Crippen molar-refractivity contribution in [2.24, 2.45) is 0 Å². The average Bonchev–Trinajstić information content (AvgIpc) is 2.11. The minimum atomic E-state index is -0.137. The molecule has 0 atom stereocenters. The zero-order valence-corrected chi connectivity index (χ0v) is 6.78. The van der Waals surface area contributed by atoms with Gasteiger partial charge in [0.05, 0.1) is 18.1 Å². The van der Waals surface area contributed by atoms with E-state index in [1.807, 2.05) is 6.07 Å². The number of aromatic hydroxyl groups is 1. The molecule has 4 nitrogen and oxygen atoms in total. The van der Waals surface area contributed by atoms with E-state index in [0.717, 1.165) is 0 Å². The molecule has 0 saturated carbocycles. The summed E-state index contributed by atoms with van der Waals surface area (Å²) >= 11 is 0. The molecule has 0 aliphatic carbocycles. The number of phenols is 1. The van der Waals surface area contributed by atoms with Crippen molar-refractivity contribution in [1.29, 1.82) is 10.5 Å². The summed E-state index contributed by atoms with van der Waals surface area (Å²) in [5, 5.41) is 26.2. The van der Waals surface area contributed by atoms with Gasteiger partial charge in [-0.15, -0.1) is 0 Å². The third kappa shape index (κ3) is 1.69. The van der Waals surface area contributed by atoms with Crippen LogP contribution in [-0.4, -0.2) is 5.11 Å². The van der Waals surface area contributed by atoms with Crippen molar-refractivity contribution in [3.8, 4) is 17.9 Å². The molecule has 1 rings (SSSR count). The van der Waals surface area contributed by atoms with Crippen molar-refractivity contribution in [3.63, 3.8) is 0 Å². The molecule has 3 N–H and O–H groups in total. The monoisotopic (exact) mass is 173 g/mol. The highest BCUT2D eigenvalue weighted by Gasteiger charge is 2.05. The van der Waals surface area contributed by atoms with E-state index in [4.69, 9.17) is 16.3 Å². The summed E-state index contributed by atoms with van der Waals surface area (Å²) in [6, 6.07) is 6.42. The fourth-order valence-electron chi connectivity index (χ4n) is 0.976. The summed E-state index contributed by atoms with van der Waals surface area (Å²) in [6.45, 7) is 0. The zero-order valence-electron chi connectivity index (χ0n) is 6.78. The Hall–Kier alpha value is -2.20. The number of nitrogens with two attached hydrogens (primary N) is 1. The van der Waals surface area contributed by atoms with Crippen molar-refractivity contribution in [2.75, 3.05) is 5.73 Å². The number of nitrogen functional groups attached to an aromatic ring is 1. The van der Waals surface area contributed by atoms with Gasteiger partial charge >= 0.3 is 0 Å². The number of rotatable bonds is 1. The molecule has 4 heteroatoms. The van der Waals surface area contributed by atoms with Gasteiger partial charge in [0.15, 0.2) is 0 Å². The summed E-state index contributed by atoms with van der Waals surface area (Å²) in [4.78, 5) is 0. The molecule has 0 saturated heterocycles. The Morgan fingerprint density at radius 2 is 2.08 bits per heavy atom. The van der Waals surface area contributed by atoms with Crippen molar-refractivity contribution >= 4 is 5.69 Å². The van der Waals surface area contributed by atoms with E-state index in [1.165, 1.54) is 12.1 Å². The molecule has 0 radical (unpaired) electrons. The van der Waals surface area contributed by atoms with Crippen molar-refractivity contribution in [2.45, 2.75) is 6.42 Å². The van der Waals surface area contributed by atoms with E-state index in [0.29, 0.717) is 11.3 Å². The Morgan fingerprint density at radius 3 is 2.62 bits per heavy atom. The molecule has 0 spiro atoms. The highest BCUT2D eigenvalue weighted by atomic mass is 16.3. The van der Waals surface area contributed by atoms with E-state index >= 15 is 0 Å². The molecule has 1 aromatic carbocycles. The molecule has 13 heavy (non-hydrogen) atoms. The highest BCUT2D eigenvalue weighted by Crippen LogP contribution is 2.23. The first-order valence-corrected chi connectivity index (χ1v) is 3.57. The van der Waals surface area contributed by atoms with Crippen LogP contribution in [0, 0.1) is 22.7 Å². The summed E-state index contributed by atoms with van der Waals surface area (Å²) < 4.78 is 0. The highest BCUT2D eigenvalue weighted by molar-refractivity contribution is 5.58. The third-order valence-electron chi connectivity index (χ3n) is 1.65. The van der Waals surface area contributed by atoms with Crippen LogP contribution in [0.3, 0.4) is 0 Å². The normalized spacial score (nSPS) is 8.77. The van der Waals surface area contributed by atoms with Crippen molar-refractivity contribution in [3.05, 3.63) is 23.3 Å². The lowest BCUT2D eigenvalue weighted by Crippen LogP contribution is -1.94. The molecular weight excluding hydrogens is 166 g/mol. The molecule has 0 aromatic heterocycles. The number of hydrogen-bond donors (Lipinski definition) is 2. The van der Waals surface area contributed by atoms with E-state index in [1.54, 1.807) is 6.07 Å². The number of anilines is 1. The van der Waals surface area contributed by atoms with Crippen LogP contribution < -0.4 is 5.73 Å². The van der Waals surface area contributed by atoms with Crippen LogP contribution in [0.4, 0.5) is 5.69 Å². The first-order valence-electron chi connectivity index (χ1n) is 3.57. The maximum absolute atomic E-state index is 9.25. The lowest BCUT2D eigenvalue weighted by atomic mass is 10.1. The van der Waals surface area contributed by atoms with Gasteiger partial charge in [-0.2, -0.15) is 10.5 Å². The Bertz CT molecular complexity index is 412. The van der Waals surface area contributed by atoms with Crippen molar-refractivity contribution in [1.82, 2.24) is 0 Å². The van der Waals surface area contributed by atoms with Gasteiger partial charge in [0, 0.05) is 5.69 Å². The minimum Gasteiger partial charge on any atom is -0.507 e.